The molecule has 0 aromatic heterocycles. The van der Waals surface area contributed by atoms with Crippen molar-refractivity contribution in [1.29, 1.82) is 0 Å². The normalized spacial score (nSPS) is 25.1. The van der Waals surface area contributed by atoms with Gasteiger partial charge in [0, 0.05) is 17.1 Å². The van der Waals surface area contributed by atoms with E-state index in [1.54, 1.807) is 0 Å². The molecule has 0 amide bonds. The molecule has 1 nitrogen and oxygen atoms in total. The lowest BCUT2D eigenvalue weighted by Crippen LogP contribution is -2.34. The second-order valence-electron chi connectivity index (χ2n) is 5.51. The standard InChI is InChI=1S/C16H20ClN/c17-14-10-8-13(9-11-14)16(12-6-7-12)18-15-4-2-1-3-5-15/h1-2,8-12,15-16,18H,3-7H2. The maximum atomic E-state index is 5.97. The van der Waals surface area contributed by atoms with Crippen LogP contribution in [-0.4, -0.2) is 6.04 Å². The van der Waals surface area contributed by atoms with Crippen LogP contribution in [0.15, 0.2) is 36.4 Å². The highest BCUT2D eigenvalue weighted by atomic mass is 35.5. The largest absolute Gasteiger partial charge is 0.307 e. The zero-order valence-corrected chi connectivity index (χ0v) is 11.4. The monoisotopic (exact) mass is 261 g/mol. The van der Waals surface area contributed by atoms with Crippen LogP contribution in [0.3, 0.4) is 0 Å². The van der Waals surface area contributed by atoms with Gasteiger partial charge >= 0.3 is 0 Å². The highest BCUT2D eigenvalue weighted by Crippen LogP contribution is 2.41. The second kappa shape index (κ2) is 5.46. The lowest BCUT2D eigenvalue weighted by Gasteiger charge is -2.27. The Hall–Kier alpha value is -0.790. The molecule has 3 rings (SSSR count). The predicted molar refractivity (Wildman–Crippen MR) is 76.8 cm³/mol. The molecule has 1 aromatic rings. The summed E-state index contributed by atoms with van der Waals surface area (Å²) in [6.07, 6.45) is 11.0. The van der Waals surface area contributed by atoms with Crippen molar-refractivity contribution < 1.29 is 0 Å². The zero-order valence-electron chi connectivity index (χ0n) is 10.6. The molecule has 2 aliphatic carbocycles. The van der Waals surface area contributed by atoms with Crippen molar-refractivity contribution in [3.63, 3.8) is 0 Å². The molecule has 0 bridgehead atoms. The summed E-state index contributed by atoms with van der Waals surface area (Å²) in [7, 11) is 0. The van der Waals surface area contributed by atoms with Crippen LogP contribution in [0.5, 0.6) is 0 Å². The fraction of sp³-hybridized carbons (Fsp3) is 0.500. The van der Waals surface area contributed by atoms with Gasteiger partial charge in [-0.1, -0.05) is 35.9 Å². The van der Waals surface area contributed by atoms with Crippen LogP contribution in [0.1, 0.15) is 43.7 Å². The first-order valence-corrected chi connectivity index (χ1v) is 7.37. The molecule has 18 heavy (non-hydrogen) atoms. The highest BCUT2D eigenvalue weighted by molar-refractivity contribution is 6.30. The van der Waals surface area contributed by atoms with E-state index in [2.05, 4.69) is 29.6 Å². The summed E-state index contributed by atoms with van der Waals surface area (Å²) in [6, 6.07) is 9.55. The minimum Gasteiger partial charge on any atom is -0.307 e. The molecule has 96 valence electrons. The van der Waals surface area contributed by atoms with E-state index >= 15 is 0 Å². The molecule has 1 saturated carbocycles. The molecule has 1 N–H and O–H groups in total. The van der Waals surface area contributed by atoms with E-state index < -0.39 is 0 Å². The van der Waals surface area contributed by atoms with Gasteiger partial charge in [-0.3, -0.25) is 0 Å². The molecule has 0 spiro atoms. The Morgan fingerprint density at radius 1 is 1.06 bits per heavy atom. The number of allylic oxidation sites excluding steroid dienone is 1. The van der Waals surface area contributed by atoms with Crippen LogP contribution in [0.25, 0.3) is 0 Å². The Bertz CT molecular complexity index is 419. The summed E-state index contributed by atoms with van der Waals surface area (Å²) in [5.41, 5.74) is 1.40. The first kappa shape index (κ1) is 12.3. The third-order valence-corrected chi connectivity index (χ3v) is 4.26. The molecule has 2 heteroatoms. The molecule has 1 aromatic carbocycles. The Kier molecular flexibility index (Phi) is 3.72. The maximum absolute atomic E-state index is 5.97. The van der Waals surface area contributed by atoms with E-state index in [0.29, 0.717) is 12.1 Å². The average Bonchev–Trinajstić information content (AvgIpc) is 3.23. The molecule has 0 radical (unpaired) electrons. The highest BCUT2D eigenvalue weighted by Gasteiger charge is 2.33. The van der Waals surface area contributed by atoms with Gasteiger partial charge in [0.1, 0.15) is 0 Å². The van der Waals surface area contributed by atoms with Gasteiger partial charge in [-0.05, 0) is 55.7 Å². The van der Waals surface area contributed by atoms with E-state index in [4.69, 9.17) is 11.6 Å². The number of halogens is 1. The zero-order chi connectivity index (χ0) is 12.4. The summed E-state index contributed by atoms with van der Waals surface area (Å²) in [5, 5.41) is 4.69. The van der Waals surface area contributed by atoms with Crippen molar-refractivity contribution in [3.8, 4) is 0 Å². The molecule has 0 aliphatic heterocycles. The minimum absolute atomic E-state index is 0.527. The summed E-state index contributed by atoms with van der Waals surface area (Å²) in [6.45, 7) is 0. The van der Waals surface area contributed by atoms with Gasteiger partial charge in [0.2, 0.25) is 0 Å². The summed E-state index contributed by atoms with van der Waals surface area (Å²) in [4.78, 5) is 0. The Balaban J connectivity index is 1.71. The molecular formula is C16H20ClN. The van der Waals surface area contributed by atoms with E-state index in [9.17, 15) is 0 Å². The van der Waals surface area contributed by atoms with E-state index in [1.165, 1.54) is 37.7 Å². The SMILES string of the molecule is Clc1ccc(C(NC2CC=CCC2)C2CC2)cc1. The summed E-state index contributed by atoms with van der Waals surface area (Å²) < 4.78 is 0. The smallest absolute Gasteiger partial charge is 0.0406 e. The van der Waals surface area contributed by atoms with Crippen molar-refractivity contribution in [2.24, 2.45) is 5.92 Å². The van der Waals surface area contributed by atoms with Crippen LogP contribution < -0.4 is 5.32 Å². The first-order chi connectivity index (χ1) is 8.83. The van der Waals surface area contributed by atoms with Crippen molar-refractivity contribution >= 4 is 11.6 Å². The van der Waals surface area contributed by atoms with Crippen molar-refractivity contribution in [2.75, 3.05) is 0 Å². The fourth-order valence-electron chi connectivity index (χ4n) is 2.80. The molecule has 0 heterocycles. The predicted octanol–water partition coefficient (Wildman–Crippen LogP) is 4.49. The Morgan fingerprint density at radius 3 is 2.44 bits per heavy atom. The number of nitrogens with one attached hydrogen (secondary N) is 1. The van der Waals surface area contributed by atoms with Crippen LogP contribution in [-0.2, 0) is 0 Å². The minimum atomic E-state index is 0.527. The molecule has 2 unspecified atom stereocenters. The van der Waals surface area contributed by atoms with E-state index in [0.717, 1.165) is 10.9 Å². The van der Waals surface area contributed by atoms with Gasteiger partial charge in [-0.15, -0.1) is 0 Å². The Morgan fingerprint density at radius 2 is 1.83 bits per heavy atom. The second-order valence-corrected chi connectivity index (χ2v) is 5.95. The summed E-state index contributed by atoms with van der Waals surface area (Å²) >= 11 is 5.97. The first-order valence-electron chi connectivity index (χ1n) is 6.99. The molecule has 1 fully saturated rings. The van der Waals surface area contributed by atoms with Gasteiger partial charge in [-0.25, -0.2) is 0 Å². The van der Waals surface area contributed by atoms with Gasteiger partial charge in [0.05, 0.1) is 0 Å². The number of rotatable bonds is 4. The van der Waals surface area contributed by atoms with Gasteiger partial charge in [0.15, 0.2) is 0 Å². The Labute approximate surface area is 114 Å². The fourth-order valence-corrected chi connectivity index (χ4v) is 2.93. The van der Waals surface area contributed by atoms with E-state index in [1.807, 2.05) is 12.1 Å². The summed E-state index contributed by atoms with van der Waals surface area (Å²) in [5.74, 6) is 0.831. The topological polar surface area (TPSA) is 12.0 Å². The number of hydrogen-bond donors (Lipinski definition) is 1. The van der Waals surface area contributed by atoms with E-state index in [-0.39, 0.29) is 0 Å². The van der Waals surface area contributed by atoms with Crippen molar-refractivity contribution in [3.05, 3.63) is 47.0 Å². The van der Waals surface area contributed by atoms with Crippen molar-refractivity contribution in [2.45, 2.75) is 44.2 Å². The number of benzene rings is 1. The van der Waals surface area contributed by atoms with Crippen LogP contribution in [0.2, 0.25) is 5.02 Å². The lowest BCUT2D eigenvalue weighted by atomic mass is 9.97. The molecule has 2 atom stereocenters. The van der Waals surface area contributed by atoms with Crippen LogP contribution in [0, 0.1) is 5.92 Å². The van der Waals surface area contributed by atoms with Crippen LogP contribution in [0.4, 0.5) is 0 Å². The quantitative estimate of drug-likeness (QED) is 0.788. The lowest BCUT2D eigenvalue weighted by molar-refractivity contribution is 0.382. The molecule has 0 saturated heterocycles. The third kappa shape index (κ3) is 2.96. The van der Waals surface area contributed by atoms with Gasteiger partial charge in [-0.2, -0.15) is 0 Å². The molecular weight excluding hydrogens is 242 g/mol. The van der Waals surface area contributed by atoms with Crippen LogP contribution >= 0.6 is 11.6 Å². The third-order valence-electron chi connectivity index (χ3n) is 4.01. The molecule has 2 aliphatic rings. The number of hydrogen-bond acceptors (Lipinski definition) is 1. The maximum Gasteiger partial charge on any atom is 0.0406 e. The van der Waals surface area contributed by atoms with Gasteiger partial charge in [0.25, 0.3) is 0 Å². The van der Waals surface area contributed by atoms with Crippen molar-refractivity contribution in [1.82, 2.24) is 5.32 Å². The average molecular weight is 262 g/mol. The van der Waals surface area contributed by atoms with Gasteiger partial charge < -0.3 is 5.32 Å².